The highest BCUT2D eigenvalue weighted by molar-refractivity contribution is 5.86. The molecular weight excluding hydrogens is 256 g/mol. The number of aliphatic hydroxyl groups excluding tert-OH is 1. The lowest BCUT2D eigenvalue weighted by atomic mass is 9.99. The molecule has 0 aliphatic carbocycles. The lowest BCUT2D eigenvalue weighted by Crippen LogP contribution is -2.59. The van der Waals surface area contributed by atoms with E-state index in [0.29, 0.717) is 13.2 Å². The van der Waals surface area contributed by atoms with E-state index in [-0.39, 0.29) is 32.7 Å². The second-order valence-electron chi connectivity index (χ2n) is 4.32. The third-order valence-electron chi connectivity index (χ3n) is 3.00. The minimum absolute atomic E-state index is 0.0503. The highest BCUT2D eigenvalue weighted by atomic mass is 16.5. The number of carboxylic acids is 1. The van der Waals surface area contributed by atoms with Gasteiger partial charge in [-0.2, -0.15) is 0 Å². The molecule has 0 aromatic rings. The lowest BCUT2D eigenvalue weighted by Gasteiger charge is -2.29. The van der Waals surface area contributed by atoms with Gasteiger partial charge in [-0.3, -0.25) is 0 Å². The van der Waals surface area contributed by atoms with Gasteiger partial charge in [0.2, 0.25) is 0 Å². The number of aliphatic hydroxyl groups is 1. The zero-order chi connectivity index (χ0) is 14.3. The summed E-state index contributed by atoms with van der Waals surface area (Å²) in [5.74, 6) is -1.12. The molecule has 19 heavy (non-hydrogen) atoms. The number of carbonyl (C=O) groups is 2. The van der Waals surface area contributed by atoms with Crippen LogP contribution >= 0.6 is 0 Å². The smallest absolute Gasteiger partial charge is 0.332 e. The van der Waals surface area contributed by atoms with Crippen molar-refractivity contribution in [1.29, 1.82) is 0 Å². The van der Waals surface area contributed by atoms with E-state index in [1.807, 2.05) is 0 Å². The largest absolute Gasteiger partial charge is 0.479 e. The standard InChI is InChI=1S/C11H20N2O6/c1-18-7-4-13(3-5-14)10(17)12-11(9(15)16)2-6-19-8-11/h14H,2-8H2,1H3,(H,12,17)(H,15,16). The zero-order valence-electron chi connectivity index (χ0n) is 10.9. The van der Waals surface area contributed by atoms with Crippen LogP contribution < -0.4 is 5.32 Å². The third kappa shape index (κ3) is 4.05. The van der Waals surface area contributed by atoms with Crippen molar-refractivity contribution in [2.24, 2.45) is 0 Å². The molecule has 1 fully saturated rings. The molecule has 8 nitrogen and oxygen atoms in total. The van der Waals surface area contributed by atoms with E-state index in [1.165, 1.54) is 12.0 Å². The second-order valence-corrected chi connectivity index (χ2v) is 4.32. The summed E-state index contributed by atoms with van der Waals surface area (Å²) in [5, 5.41) is 20.6. The number of hydrogen-bond acceptors (Lipinski definition) is 5. The maximum Gasteiger partial charge on any atom is 0.332 e. The number of carboxylic acid groups (broad SMARTS) is 1. The summed E-state index contributed by atoms with van der Waals surface area (Å²) < 4.78 is 9.92. The highest BCUT2D eigenvalue weighted by Crippen LogP contribution is 2.19. The van der Waals surface area contributed by atoms with Gasteiger partial charge in [-0.05, 0) is 0 Å². The molecule has 0 saturated carbocycles. The fraction of sp³-hybridized carbons (Fsp3) is 0.818. The van der Waals surface area contributed by atoms with Gasteiger partial charge < -0.3 is 29.9 Å². The van der Waals surface area contributed by atoms with E-state index >= 15 is 0 Å². The summed E-state index contributed by atoms with van der Waals surface area (Å²) in [6, 6.07) is -0.543. The molecule has 1 aliphatic rings. The van der Waals surface area contributed by atoms with Crippen molar-refractivity contribution in [3.8, 4) is 0 Å². The Kier molecular flexibility index (Phi) is 6.00. The van der Waals surface area contributed by atoms with Crippen molar-refractivity contribution in [2.45, 2.75) is 12.0 Å². The van der Waals surface area contributed by atoms with Crippen LogP contribution in [0.2, 0.25) is 0 Å². The van der Waals surface area contributed by atoms with Crippen LogP contribution in [0.5, 0.6) is 0 Å². The Morgan fingerprint density at radius 1 is 1.47 bits per heavy atom. The van der Waals surface area contributed by atoms with Gasteiger partial charge in [0.15, 0.2) is 5.54 Å². The molecule has 8 heteroatoms. The predicted molar refractivity (Wildman–Crippen MR) is 64.9 cm³/mol. The van der Waals surface area contributed by atoms with Gasteiger partial charge in [-0.1, -0.05) is 0 Å². The van der Waals surface area contributed by atoms with Crippen molar-refractivity contribution >= 4 is 12.0 Å². The molecular formula is C11H20N2O6. The summed E-state index contributed by atoms with van der Waals surface area (Å²) in [5.41, 5.74) is -1.38. The molecule has 0 bridgehead atoms. The first kappa shape index (κ1) is 15.7. The lowest BCUT2D eigenvalue weighted by molar-refractivity contribution is -0.144. The molecule has 1 saturated heterocycles. The van der Waals surface area contributed by atoms with Crippen LogP contribution in [0, 0.1) is 0 Å². The van der Waals surface area contributed by atoms with Crippen LogP contribution in [0.3, 0.4) is 0 Å². The van der Waals surface area contributed by atoms with E-state index in [4.69, 9.17) is 14.6 Å². The summed E-state index contributed by atoms with van der Waals surface area (Å²) in [6.45, 7) is 0.749. The molecule has 3 N–H and O–H groups in total. The number of aliphatic carboxylic acids is 1. The molecule has 2 amide bonds. The molecule has 1 aliphatic heterocycles. The van der Waals surface area contributed by atoms with Crippen molar-refractivity contribution in [3.63, 3.8) is 0 Å². The van der Waals surface area contributed by atoms with Gasteiger partial charge in [0.1, 0.15) is 0 Å². The van der Waals surface area contributed by atoms with Gasteiger partial charge in [0.05, 0.1) is 19.8 Å². The van der Waals surface area contributed by atoms with Crippen molar-refractivity contribution in [3.05, 3.63) is 0 Å². The second kappa shape index (κ2) is 7.27. The van der Waals surface area contributed by atoms with Gasteiger partial charge in [0.25, 0.3) is 0 Å². The minimum atomic E-state index is -1.38. The Morgan fingerprint density at radius 3 is 2.68 bits per heavy atom. The normalized spacial score (nSPS) is 22.2. The first-order valence-electron chi connectivity index (χ1n) is 6.04. The van der Waals surface area contributed by atoms with Crippen LogP contribution in [0.25, 0.3) is 0 Å². The molecule has 0 aromatic carbocycles. The Morgan fingerprint density at radius 2 is 2.21 bits per heavy atom. The number of rotatable bonds is 7. The van der Waals surface area contributed by atoms with Gasteiger partial charge in [-0.25, -0.2) is 9.59 Å². The Balaban J connectivity index is 2.65. The number of hydrogen-bond donors (Lipinski definition) is 3. The van der Waals surface area contributed by atoms with E-state index in [1.54, 1.807) is 0 Å². The first-order chi connectivity index (χ1) is 9.05. The van der Waals surface area contributed by atoms with Crippen molar-refractivity contribution in [2.75, 3.05) is 46.6 Å². The topological polar surface area (TPSA) is 108 Å². The first-order valence-corrected chi connectivity index (χ1v) is 6.04. The highest BCUT2D eigenvalue weighted by Gasteiger charge is 2.44. The summed E-state index contributed by atoms with van der Waals surface area (Å²) >= 11 is 0. The summed E-state index contributed by atoms with van der Waals surface area (Å²) in [6.07, 6.45) is 0.227. The van der Waals surface area contributed by atoms with Crippen LogP contribution in [0.15, 0.2) is 0 Å². The van der Waals surface area contributed by atoms with Crippen LogP contribution in [-0.2, 0) is 14.3 Å². The SMILES string of the molecule is COCCN(CCO)C(=O)NC1(C(=O)O)CCOC1. The maximum absolute atomic E-state index is 12.0. The number of nitrogens with one attached hydrogen (secondary N) is 1. The average Bonchev–Trinajstić information content (AvgIpc) is 2.84. The molecule has 0 radical (unpaired) electrons. The van der Waals surface area contributed by atoms with Crippen LogP contribution in [-0.4, -0.2) is 79.3 Å². The Hall–Kier alpha value is -1.38. The van der Waals surface area contributed by atoms with Crippen LogP contribution in [0.1, 0.15) is 6.42 Å². The van der Waals surface area contributed by atoms with Crippen molar-refractivity contribution in [1.82, 2.24) is 10.2 Å². The fourth-order valence-electron chi connectivity index (χ4n) is 1.81. The van der Waals surface area contributed by atoms with Gasteiger partial charge >= 0.3 is 12.0 Å². The number of nitrogens with zero attached hydrogens (tertiary/aromatic N) is 1. The molecule has 1 unspecified atom stereocenters. The number of methoxy groups -OCH3 is 1. The van der Waals surface area contributed by atoms with E-state index in [0.717, 1.165) is 0 Å². The van der Waals surface area contributed by atoms with E-state index in [2.05, 4.69) is 5.32 Å². The molecule has 1 rings (SSSR count). The number of ether oxygens (including phenoxy) is 2. The monoisotopic (exact) mass is 276 g/mol. The summed E-state index contributed by atoms with van der Waals surface area (Å²) in [4.78, 5) is 24.6. The van der Waals surface area contributed by atoms with Crippen molar-refractivity contribution < 1.29 is 29.3 Å². The molecule has 1 atom stereocenters. The summed E-state index contributed by atoms with van der Waals surface area (Å²) in [7, 11) is 1.50. The molecule has 0 aromatic heterocycles. The zero-order valence-corrected chi connectivity index (χ0v) is 10.9. The van der Waals surface area contributed by atoms with E-state index in [9.17, 15) is 14.7 Å². The van der Waals surface area contributed by atoms with Crippen LogP contribution in [0.4, 0.5) is 4.79 Å². The number of urea groups is 1. The fourth-order valence-corrected chi connectivity index (χ4v) is 1.81. The Bertz CT molecular complexity index is 316. The minimum Gasteiger partial charge on any atom is -0.479 e. The maximum atomic E-state index is 12.0. The molecule has 1 heterocycles. The van der Waals surface area contributed by atoms with E-state index < -0.39 is 17.5 Å². The number of carbonyl (C=O) groups excluding carboxylic acids is 1. The molecule has 0 spiro atoms. The predicted octanol–water partition coefficient (Wildman–Crippen LogP) is -1.12. The van der Waals surface area contributed by atoms with Gasteiger partial charge in [0, 0.05) is 33.2 Å². The number of amides is 2. The average molecular weight is 276 g/mol. The Labute approximate surface area is 111 Å². The molecule has 110 valence electrons. The quantitative estimate of drug-likeness (QED) is 0.543. The third-order valence-corrected chi connectivity index (χ3v) is 3.00. The van der Waals surface area contributed by atoms with Gasteiger partial charge in [-0.15, -0.1) is 0 Å².